The second-order valence-electron chi connectivity index (χ2n) is 5.78. The van der Waals surface area contributed by atoms with Gasteiger partial charge in [-0.05, 0) is 26.7 Å². The van der Waals surface area contributed by atoms with Crippen LogP contribution in [-0.2, 0) is 18.4 Å². The van der Waals surface area contributed by atoms with E-state index in [4.69, 9.17) is 0 Å². The van der Waals surface area contributed by atoms with Gasteiger partial charge < -0.3 is 10.6 Å². The molecular formula is C15H26N4O. The van der Waals surface area contributed by atoms with Gasteiger partial charge in [-0.25, -0.2) is 0 Å². The van der Waals surface area contributed by atoms with Gasteiger partial charge in [0.25, 0.3) is 0 Å². The van der Waals surface area contributed by atoms with E-state index < -0.39 is 0 Å². The van der Waals surface area contributed by atoms with Crippen molar-refractivity contribution in [3.8, 4) is 0 Å². The van der Waals surface area contributed by atoms with Crippen LogP contribution >= 0.6 is 0 Å². The van der Waals surface area contributed by atoms with E-state index in [0.29, 0.717) is 19.1 Å². The largest absolute Gasteiger partial charge is 0.352 e. The Bertz CT molecular complexity index is 461. The third-order valence-corrected chi connectivity index (χ3v) is 4.22. The first-order valence-electron chi connectivity index (χ1n) is 7.57. The summed E-state index contributed by atoms with van der Waals surface area (Å²) in [7, 11) is 1.95. The maximum absolute atomic E-state index is 11.9. The highest BCUT2D eigenvalue weighted by Crippen LogP contribution is 2.17. The zero-order valence-electron chi connectivity index (χ0n) is 12.8. The predicted octanol–water partition coefficient (Wildman–Crippen LogP) is 1.58. The fraction of sp³-hybridized carbons (Fsp3) is 0.733. The Morgan fingerprint density at radius 2 is 2.00 bits per heavy atom. The number of hydrogen-bond donors (Lipinski definition) is 2. The Balaban J connectivity index is 1.73. The molecule has 0 aliphatic heterocycles. The van der Waals surface area contributed by atoms with E-state index in [1.807, 2.05) is 18.7 Å². The quantitative estimate of drug-likeness (QED) is 0.859. The van der Waals surface area contributed by atoms with Crippen molar-refractivity contribution in [2.24, 2.45) is 7.05 Å². The number of carbonyl (C=O) groups is 1. The number of nitrogens with one attached hydrogen (secondary N) is 2. The zero-order valence-corrected chi connectivity index (χ0v) is 12.8. The summed E-state index contributed by atoms with van der Waals surface area (Å²) in [6.45, 7) is 5.14. The Hall–Kier alpha value is -1.36. The van der Waals surface area contributed by atoms with Crippen LogP contribution < -0.4 is 10.6 Å². The first-order valence-corrected chi connectivity index (χ1v) is 7.57. The average molecular weight is 278 g/mol. The number of nitrogens with zero attached hydrogens (tertiary/aromatic N) is 2. The van der Waals surface area contributed by atoms with E-state index in [1.54, 1.807) is 0 Å². The lowest BCUT2D eigenvalue weighted by Crippen LogP contribution is -2.41. The van der Waals surface area contributed by atoms with Crippen LogP contribution in [0, 0.1) is 13.8 Å². The van der Waals surface area contributed by atoms with Crippen LogP contribution in [0.15, 0.2) is 0 Å². The van der Waals surface area contributed by atoms with Gasteiger partial charge in [-0.3, -0.25) is 9.48 Å². The van der Waals surface area contributed by atoms with E-state index in [2.05, 4.69) is 22.7 Å². The van der Waals surface area contributed by atoms with Crippen LogP contribution in [0.25, 0.3) is 0 Å². The minimum absolute atomic E-state index is 0.107. The number of hydrogen-bond acceptors (Lipinski definition) is 3. The molecule has 1 aromatic rings. The second kappa shape index (κ2) is 6.88. The van der Waals surface area contributed by atoms with E-state index >= 15 is 0 Å². The van der Waals surface area contributed by atoms with Gasteiger partial charge in [0.1, 0.15) is 0 Å². The molecule has 2 rings (SSSR count). The number of amides is 1. The van der Waals surface area contributed by atoms with Crippen LogP contribution in [0.4, 0.5) is 0 Å². The first-order chi connectivity index (χ1) is 9.58. The number of aryl methyl sites for hydroxylation is 2. The molecule has 0 bridgehead atoms. The van der Waals surface area contributed by atoms with E-state index in [-0.39, 0.29) is 5.91 Å². The van der Waals surface area contributed by atoms with E-state index in [1.165, 1.54) is 24.8 Å². The van der Waals surface area contributed by atoms with Crippen molar-refractivity contribution in [1.29, 1.82) is 0 Å². The van der Waals surface area contributed by atoms with Gasteiger partial charge in [-0.1, -0.05) is 19.3 Å². The normalized spacial score (nSPS) is 16.4. The maximum atomic E-state index is 11.9. The molecule has 0 saturated heterocycles. The number of carbonyl (C=O) groups excluding carboxylic acids is 1. The van der Waals surface area contributed by atoms with Crippen molar-refractivity contribution in [2.45, 2.75) is 58.5 Å². The SMILES string of the molecule is Cc1nn(C)c(C)c1CNCC(=O)NC1CCCCC1. The van der Waals surface area contributed by atoms with Crippen molar-refractivity contribution in [3.05, 3.63) is 17.0 Å². The molecule has 2 N–H and O–H groups in total. The van der Waals surface area contributed by atoms with Gasteiger partial charge in [0, 0.05) is 30.9 Å². The molecule has 1 aliphatic rings. The fourth-order valence-electron chi connectivity index (χ4n) is 2.90. The summed E-state index contributed by atoms with van der Waals surface area (Å²) in [5, 5.41) is 10.7. The molecule has 5 nitrogen and oxygen atoms in total. The van der Waals surface area contributed by atoms with Crippen LogP contribution in [0.5, 0.6) is 0 Å². The van der Waals surface area contributed by atoms with Crippen molar-refractivity contribution < 1.29 is 4.79 Å². The van der Waals surface area contributed by atoms with Gasteiger partial charge in [0.05, 0.1) is 12.2 Å². The van der Waals surface area contributed by atoms with Crippen molar-refractivity contribution in [1.82, 2.24) is 20.4 Å². The maximum Gasteiger partial charge on any atom is 0.234 e. The third-order valence-electron chi connectivity index (χ3n) is 4.22. The summed E-state index contributed by atoms with van der Waals surface area (Å²) in [6.07, 6.45) is 6.06. The van der Waals surface area contributed by atoms with Crippen molar-refractivity contribution >= 4 is 5.91 Å². The molecule has 20 heavy (non-hydrogen) atoms. The predicted molar refractivity (Wildman–Crippen MR) is 79.4 cm³/mol. The summed E-state index contributed by atoms with van der Waals surface area (Å²) >= 11 is 0. The van der Waals surface area contributed by atoms with Crippen LogP contribution in [-0.4, -0.2) is 28.3 Å². The Labute approximate surface area is 121 Å². The molecule has 1 fully saturated rings. The topological polar surface area (TPSA) is 59.0 Å². The van der Waals surface area contributed by atoms with Gasteiger partial charge in [0.15, 0.2) is 0 Å². The molecule has 5 heteroatoms. The molecule has 1 amide bonds. The Kier molecular flexibility index (Phi) is 5.17. The van der Waals surface area contributed by atoms with E-state index in [9.17, 15) is 4.79 Å². The highest BCUT2D eigenvalue weighted by atomic mass is 16.1. The van der Waals surface area contributed by atoms with Gasteiger partial charge in [-0.2, -0.15) is 5.10 Å². The summed E-state index contributed by atoms with van der Waals surface area (Å²) in [5.74, 6) is 0.107. The summed E-state index contributed by atoms with van der Waals surface area (Å²) in [4.78, 5) is 11.9. The standard InChI is InChI=1S/C15H26N4O/c1-11-14(12(2)19(3)18-11)9-16-10-15(20)17-13-7-5-4-6-8-13/h13,16H,4-10H2,1-3H3,(H,17,20). The highest BCUT2D eigenvalue weighted by molar-refractivity contribution is 5.78. The molecule has 1 aliphatic carbocycles. The zero-order chi connectivity index (χ0) is 14.5. The van der Waals surface area contributed by atoms with Gasteiger partial charge >= 0.3 is 0 Å². The lowest BCUT2D eigenvalue weighted by molar-refractivity contribution is -0.121. The smallest absolute Gasteiger partial charge is 0.234 e. The van der Waals surface area contributed by atoms with Gasteiger partial charge in [0.2, 0.25) is 5.91 Å². The van der Waals surface area contributed by atoms with Crippen LogP contribution in [0.3, 0.4) is 0 Å². The number of aromatic nitrogens is 2. The molecule has 0 unspecified atom stereocenters. The molecule has 0 radical (unpaired) electrons. The highest BCUT2D eigenvalue weighted by Gasteiger charge is 2.15. The molecule has 0 atom stereocenters. The fourth-order valence-corrected chi connectivity index (χ4v) is 2.90. The molecule has 0 aromatic carbocycles. The lowest BCUT2D eigenvalue weighted by atomic mass is 9.95. The molecule has 1 saturated carbocycles. The van der Waals surface area contributed by atoms with Crippen molar-refractivity contribution in [3.63, 3.8) is 0 Å². The van der Waals surface area contributed by atoms with Crippen LogP contribution in [0.1, 0.15) is 49.1 Å². The van der Waals surface area contributed by atoms with E-state index in [0.717, 1.165) is 24.2 Å². The minimum Gasteiger partial charge on any atom is -0.352 e. The molecule has 112 valence electrons. The molecule has 0 spiro atoms. The van der Waals surface area contributed by atoms with Gasteiger partial charge in [-0.15, -0.1) is 0 Å². The molecular weight excluding hydrogens is 252 g/mol. The Morgan fingerprint density at radius 3 is 2.60 bits per heavy atom. The van der Waals surface area contributed by atoms with Crippen LogP contribution in [0.2, 0.25) is 0 Å². The first kappa shape index (κ1) is 15.0. The minimum atomic E-state index is 0.107. The third kappa shape index (κ3) is 3.82. The molecule has 1 heterocycles. The summed E-state index contributed by atoms with van der Waals surface area (Å²) in [5.41, 5.74) is 3.38. The Morgan fingerprint density at radius 1 is 1.30 bits per heavy atom. The lowest BCUT2D eigenvalue weighted by Gasteiger charge is -2.22. The summed E-state index contributed by atoms with van der Waals surface area (Å²) < 4.78 is 1.88. The average Bonchev–Trinajstić information content (AvgIpc) is 2.66. The number of rotatable bonds is 5. The van der Waals surface area contributed by atoms with Crippen molar-refractivity contribution in [2.75, 3.05) is 6.54 Å². The second-order valence-corrected chi connectivity index (χ2v) is 5.78. The molecule has 1 aromatic heterocycles. The summed E-state index contributed by atoms with van der Waals surface area (Å²) in [6, 6.07) is 0.389. The monoisotopic (exact) mass is 278 g/mol.